The van der Waals surface area contributed by atoms with Crippen molar-refractivity contribution in [3.63, 3.8) is 0 Å². The summed E-state index contributed by atoms with van der Waals surface area (Å²) in [6.07, 6.45) is -0.0800. The lowest BCUT2D eigenvalue weighted by Crippen LogP contribution is -2.30. The molecule has 9 heteroatoms. The van der Waals surface area contributed by atoms with Gasteiger partial charge in [-0.25, -0.2) is 9.97 Å². The quantitative estimate of drug-likeness (QED) is 0.532. The van der Waals surface area contributed by atoms with Gasteiger partial charge in [0.05, 0.1) is 19.0 Å². The second-order valence-electron chi connectivity index (χ2n) is 4.49. The molecular formula is C11H12N6O3. The van der Waals surface area contributed by atoms with Gasteiger partial charge in [0, 0.05) is 0 Å². The fourth-order valence-corrected chi connectivity index (χ4v) is 2.33. The summed E-state index contributed by atoms with van der Waals surface area (Å²) in [6, 6.07) is 1.95. The number of aromatic amines is 1. The first-order valence-electron chi connectivity index (χ1n) is 5.96. The van der Waals surface area contributed by atoms with Gasteiger partial charge in [-0.05, 0) is 0 Å². The Morgan fingerprint density at radius 2 is 2.35 bits per heavy atom. The Morgan fingerprint density at radius 3 is 3.05 bits per heavy atom. The van der Waals surface area contributed by atoms with E-state index in [0.717, 1.165) is 0 Å². The minimum atomic E-state index is -1.11. The van der Waals surface area contributed by atoms with Crippen LogP contribution < -0.4 is 5.49 Å². The molecular weight excluding hydrogens is 264 g/mol. The van der Waals surface area contributed by atoms with Crippen molar-refractivity contribution in [1.82, 2.24) is 19.5 Å². The average Bonchev–Trinajstić information content (AvgIpc) is 3.04. The highest BCUT2D eigenvalue weighted by Gasteiger charge is 2.44. The van der Waals surface area contributed by atoms with Crippen LogP contribution in [-0.4, -0.2) is 48.5 Å². The molecule has 4 atom stereocenters. The fraction of sp³-hybridized carbons (Fsp3) is 0.455. The van der Waals surface area contributed by atoms with Gasteiger partial charge in [0.1, 0.15) is 30.0 Å². The molecule has 0 aliphatic carbocycles. The molecule has 1 aliphatic heterocycles. The number of aliphatic hydroxyl groups excluding tert-OH is 2. The Morgan fingerprint density at radius 1 is 1.55 bits per heavy atom. The molecule has 9 nitrogen and oxygen atoms in total. The summed E-state index contributed by atoms with van der Waals surface area (Å²) >= 11 is 0. The normalized spacial score (nSPS) is 29.6. The van der Waals surface area contributed by atoms with E-state index >= 15 is 0 Å². The first-order chi connectivity index (χ1) is 9.67. The van der Waals surface area contributed by atoms with Crippen LogP contribution >= 0.6 is 0 Å². The number of imidazole rings is 1. The van der Waals surface area contributed by atoms with Gasteiger partial charge in [-0.1, -0.05) is 0 Å². The molecule has 2 aromatic rings. The number of H-pyrrole nitrogens is 1. The van der Waals surface area contributed by atoms with Crippen LogP contribution in [0.25, 0.3) is 11.2 Å². The third-order valence-electron chi connectivity index (χ3n) is 3.39. The van der Waals surface area contributed by atoms with Crippen LogP contribution in [0.15, 0.2) is 12.7 Å². The molecule has 3 heterocycles. The zero-order valence-corrected chi connectivity index (χ0v) is 10.3. The SMILES string of the molecule is N#C[C@H]1[C@H](O)[C@@H](CO)O[C@H]1n1cnc2nc[nH]c2c1=N. The highest BCUT2D eigenvalue weighted by atomic mass is 16.5. The van der Waals surface area contributed by atoms with E-state index in [-0.39, 0.29) is 5.49 Å². The lowest BCUT2D eigenvalue weighted by atomic mass is 10.0. The molecule has 3 rings (SSSR count). The van der Waals surface area contributed by atoms with Gasteiger partial charge in [-0.3, -0.25) is 9.98 Å². The van der Waals surface area contributed by atoms with E-state index in [2.05, 4.69) is 15.0 Å². The minimum Gasteiger partial charge on any atom is -0.394 e. The third kappa shape index (κ3) is 1.70. The molecule has 2 aromatic heterocycles. The Bertz CT molecular complexity index is 732. The van der Waals surface area contributed by atoms with Crippen molar-refractivity contribution in [2.45, 2.75) is 18.4 Å². The Labute approximate surface area is 112 Å². The van der Waals surface area contributed by atoms with E-state index in [4.69, 9.17) is 20.5 Å². The van der Waals surface area contributed by atoms with Gasteiger partial charge in [-0.2, -0.15) is 5.26 Å². The summed E-state index contributed by atoms with van der Waals surface area (Å²) in [5.41, 5.74) is 0.843. The number of fused-ring (bicyclic) bond motifs is 1. The van der Waals surface area contributed by atoms with E-state index in [1.165, 1.54) is 17.2 Å². The lowest BCUT2D eigenvalue weighted by Gasteiger charge is -2.17. The molecule has 0 amide bonds. The molecule has 0 bridgehead atoms. The van der Waals surface area contributed by atoms with Crippen molar-refractivity contribution in [3.8, 4) is 6.07 Å². The Hall–Kier alpha value is -2.28. The lowest BCUT2D eigenvalue weighted by molar-refractivity contribution is -0.0471. The van der Waals surface area contributed by atoms with Crippen molar-refractivity contribution in [3.05, 3.63) is 18.1 Å². The Balaban J connectivity index is 2.09. The third-order valence-corrected chi connectivity index (χ3v) is 3.39. The van der Waals surface area contributed by atoms with E-state index in [1.807, 2.05) is 6.07 Å². The summed E-state index contributed by atoms with van der Waals surface area (Å²) in [7, 11) is 0. The zero-order valence-electron chi connectivity index (χ0n) is 10.3. The Kier molecular flexibility index (Phi) is 2.98. The number of hydrogen-bond acceptors (Lipinski definition) is 7. The highest BCUT2D eigenvalue weighted by molar-refractivity contribution is 5.67. The van der Waals surface area contributed by atoms with Crippen molar-refractivity contribution in [1.29, 1.82) is 10.7 Å². The molecule has 1 saturated heterocycles. The van der Waals surface area contributed by atoms with Crippen molar-refractivity contribution in [2.24, 2.45) is 5.92 Å². The van der Waals surface area contributed by atoms with Crippen LogP contribution in [0, 0.1) is 22.7 Å². The van der Waals surface area contributed by atoms with Crippen LogP contribution in [0.2, 0.25) is 0 Å². The number of rotatable bonds is 2. The number of ether oxygens (including phenoxy) is 1. The molecule has 0 saturated carbocycles. The summed E-state index contributed by atoms with van der Waals surface area (Å²) < 4.78 is 6.81. The summed E-state index contributed by atoms with van der Waals surface area (Å²) in [5, 5.41) is 36.3. The monoisotopic (exact) mass is 276 g/mol. The first-order valence-corrected chi connectivity index (χ1v) is 5.96. The highest BCUT2D eigenvalue weighted by Crippen LogP contribution is 2.33. The van der Waals surface area contributed by atoms with Crippen molar-refractivity contribution >= 4 is 11.2 Å². The van der Waals surface area contributed by atoms with Gasteiger partial charge >= 0.3 is 0 Å². The molecule has 1 aliphatic rings. The summed E-state index contributed by atoms with van der Waals surface area (Å²) in [6.45, 7) is -0.399. The second kappa shape index (κ2) is 4.68. The zero-order chi connectivity index (χ0) is 14.3. The topological polar surface area (TPSA) is 144 Å². The molecule has 20 heavy (non-hydrogen) atoms. The smallest absolute Gasteiger partial charge is 0.182 e. The van der Waals surface area contributed by atoms with Crippen LogP contribution in [0.5, 0.6) is 0 Å². The minimum absolute atomic E-state index is 0.0449. The van der Waals surface area contributed by atoms with Gasteiger partial charge in [0.2, 0.25) is 0 Å². The van der Waals surface area contributed by atoms with Crippen molar-refractivity contribution in [2.75, 3.05) is 6.61 Å². The van der Waals surface area contributed by atoms with Crippen LogP contribution in [-0.2, 0) is 4.74 Å². The van der Waals surface area contributed by atoms with Crippen LogP contribution in [0.4, 0.5) is 0 Å². The average molecular weight is 276 g/mol. The predicted molar refractivity (Wildman–Crippen MR) is 63.8 cm³/mol. The molecule has 1 fully saturated rings. The van der Waals surface area contributed by atoms with Gasteiger partial charge in [-0.15, -0.1) is 0 Å². The van der Waals surface area contributed by atoms with Gasteiger partial charge < -0.3 is 19.9 Å². The molecule has 0 spiro atoms. The van der Waals surface area contributed by atoms with Gasteiger partial charge in [0.25, 0.3) is 0 Å². The second-order valence-corrected chi connectivity index (χ2v) is 4.49. The molecule has 104 valence electrons. The number of hydrogen-bond donors (Lipinski definition) is 4. The molecule has 0 radical (unpaired) electrons. The number of nitrogens with zero attached hydrogens (tertiary/aromatic N) is 4. The maximum Gasteiger partial charge on any atom is 0.182 e. The maximum absolute atomic E-state index is 9.92. The van der Waals surface area contributed by atoms with Gasteiger partial charge in [0.15, 0.2) is 17.4 Å². The molecule has 0 unspecified atom stereocenters. The number of nitrogens with one attached hydrogen (secondary N) is 2. The van der Waals surface area contributed by atoms with E-state index < -0.39 is 31.0 Å². The molecule has 4 N–H and O–H groups in total. The predicted octanol–water partition coefficient (Wildman–Crippen LogP) is -1.37. The van der Waals surface area contributed by atoms with Crippen LogP contribution in [0.3, 0.4) is 0 Å². The standard InChI is InChI=1S/C11H12N6O3/c12-1-5-8(19)6(2-18)20-11(5)17-4-16-10-7(9(17)13)14-3-15-10/h3-6,8,11,13,18-19H,2H2,(H,14,15)/t5-,6+,8-,11+/m0/s1. The largest absolute Gasteiger partial charge is 0.394 e. The summed E-state index contributed by atoms with van der Waals surface area (Å²) in [4.78, 5) is 10.8. The van der Waals surface area contributed by atoms with Crippen LogP contribution in [0.1, 0.15) is 6.23 Å². The van der Waals surface area contributed by atoms with E-state index in [9.17, 15) is 5.11 Å². The fourth-order valence-electron chi connectivity index (χ4n) is 2.33. The molecule has 0 aromatic carbocycles. The first kappa shape index (κ1) is 12.7. The maximum atomic E-state index is 9.92. The van der Waals surface area contributed by atoms with Crippen molar-refractivity contribution < 1.29 is 14.9 Å². The van der Waals surface area contributed by atoms with E-state index in [1.54, 1.807) is 0 Å². The number of aromatic nitrogens is 4. The number of nitriles is 1. The van der Waals surface area contributed by atoms with E-state index in [0.29, 0.717) is 11.2 Å². The summed E-state index contributed by atoms with van der Waals surface area (Å²) in [5.74, 6) is -0.886. The number of aliphatic hydroxyl groups is 2.